The number of nitrogens with zero attached hydrogens (tertiary/aromatic N) is 5. The first kappa shape index (κ1) is 13.9. The molecule has 3 rings (SSSR count). The van der Waals surface area contributed by atoms with Gasteiger partial charge >= 0.3 is 5.97 Å². The first-order valence-electron chi connectivity index (χ1n) is 6.59. The molecule has 8 heteroatoms. The van der Waals surface area contributed by atoms with Gasteiger partial charge in [-0.1, -0.05) is 5.16 Å². The molecule has 0 aromatic carbocycles. The Labute approximate surface area is 125 Å². The van der Waals surface area contributed by atoms with Crippen molar-refractivity contribution in [3.8, 4) is 5.82 Å². The highest BCUT2D eigenvalue weighted by Crippen LogP contribution is 2.17. The van der Waals surface area contributed by atoms with E-state index in [1.165, 1.54) is 6.20 Å². The van der Waals surface area contributed by atoms with E-state index in [2.05, 4.69) is 20.1 Å². The molecule has 0 radical (unpaired) electrons. The van der Waals surface area contributed by atoms with Crippen molar-refractivity contribution >= 4 is 5.97 Å². The summed E-state index contributed by atoms with van der Waals surface area (Å²) in [5.74, 6) is 0.833. The van der Waals surface area contributed by atoms with Crippen molar-refractivity contribution in [2.45, 2.75) is 20.0 Å². The number of aromatic nitrogens is 5. The van der Waals surface area contributed by atoms with Gasteiger partial charge in [-0.05, 0) is 26.0 Å². The van der Waals surface area contributed by atoms with Gasteiger partial charge in [-0.25, -0.2) is 14.8 Å². The smallest absolute Gasteiger partial charge is 0.339 e. The summed E-state index contributed by atoms with van der Waals surface area (Å²) in [6, 6.07) is 3.20. The zero-order valence-corrected chi connectivity index (χ0v) is 12.0. The largest absolute Gasteiger partial charge is 0.449 e. The monoisotopic (exact) mass is 299 g/mol. The van der Waals surface area contributed by atoms with Gasteiger partial charge in [0.2, 0.25) is 0 Å². The van der Waals surface area contributed by atoms with E-state index in [0.29, 0.717) is 17.2 Å². The van der Waals surface area contributed by atoms with E-state index in [0.717, 1.165) is 0 Å². The zero-order chi connectivity index (χ0) is 15.5. The number of hydrogen-bond donors (Lipinski definition) is 0. The molecule has 0 spiro atoms. The van der Waals surface area contributed by atoms with E-state index in [9.17, 15) is 4.79 Å². The molecule has 3 heterocycles. The lowest BCUT2D eigenvalue weighted by atomic mass is 10.2. The second kappa shape index (κ2) is 5.76. The fourth-order valence-electron chi connectivity index (χ4n) is 1.84. The molecule has 0 aliphatic carbocycles. The van der Waals surface area contributed by atoms with Gasteiger partial charge in [0, 0.05) is 18.6 Å². The quantitative estimate of drug-likeness (QED) is 0.678. The van der Waals surface area contributed by atoms with Crippen molar-refractivity contribution in [2.75, 3.05) is 0 Å². The lowest BCUT2D eigenvalue weighted by molar-refractivity contribution is 0.0265. The van der Waals surface area contributed by atoms with E-state index >= 15 is 0 Å². The van der Waals surface area contributed by atoms with Crippen LogP contribution in [0.25, 0.3) is 5.82 Å². The lowest BCUT2D eigenvalue weighted by Crippen LogP contribution is -2.10. The maximum Gasteiger partial charge on any atom is 0.339 e. The molecule has 3 aromatic rings. The van der Waals surface area contributed by atoms with Gasteiger partial charge in [-0.2, -0.15) is 4.98 Å². The molecule has 0 saturated carbocycles. The normalized spacial score (nSPS) is 12.1. The van der Waals surface area contributed by atoms with Crippen molar-refractivity contribution in [3.63, 3.8) is 0 Å². The van der Waals surface area contributed by atoms with Crippen LogP contribution in [0.15, 0.2) is 41.6 Å². The lowest BCUT2D eigenvalue weighted by Gasteiger charge is -2.09. The summed E-state index contributed by atoms with van der Waals surface area (Å²) in [6.45, 7) is 3.37. The van der Waals surface area contributed by atoms with Crippen LogP contribution < -0.4 is 0 Å². The Kier molecular flexibility index (Phi) is 3.65. The average Bonchev–Trinajstić information content (AvgIpc) is 3.18. The third-order valence-corrected chi connectivity index (χ3v) is 2.93. The molecule has 8 nitrogen and oxygen atoms in total. The van der Waals surface area contributed by atoms with Crippen LogP contribution in [0.4, 0.5) is 0 Å². The third-order valence-electron chi connectivity index (χ3n) is 2.93. The summed E-state index contributed by atoms with van der Waals surface area (Å²) in [5.41, 5.74) is 0.377. The fraction of sp³-hybridized carbons (Fsp3) is 0.214. The third kappa shape index (κ3) is 2.85. The number of carbonyl (C=O) groups is 1. The zero-order valence-electron chi connectivity index (χ0n) is 12.0. The maximum atomic E-state index is 12.2. The van der Waals surface area contributed by atoms with Crippen molar-refractivity contribution < 1.29 is 14.1 Å². The summed E-state index contributed by atoms with van der Waals surface area (Å²) >= 11 is 0. The molecule has 0 unspecified atom stereocenters. The van der Waals surface area contributed by atoms with Gasteiger partial charge in [-0.3, -0.25) is 4.57 Å². The molecular formula is C14H13N5O3. The highest BCUT2D eigenvalue weighted by molar-refractivity contribution is 5.89. The number of pyridine rings is 1. The average molecular weight is 299 g/mol. The molecule has 0 amide bonds. The number of rotatable bonds is 4. The number of ether oxygens (including phenoxy) is 1. The molecule has 0 saturated heterocycles. The van der Waals surface area contributed by atoms with Crippen LogP contribution in [0, 0.1) is 6.92 Å². The molecule has 0 aliphatic rings. The minimum atomic E-state index is -0.626. The molecule has 0 N–H and O–H groups in total. The summed E-state index contributed by atoms with van der Waals surface area (Å²) in [6.07, 6.45) is 5.88. The Balaban J connectivity index is 1.76. The number of aryl methyl sites for hydroxylation is 1. The second-order valence-corrected chi connectivity index (χ2v) is 4.60. The number of carbonyl (C=O) groups excluding carboxylic acids is 1. The minimum absolute atomic E-state index is 0.259. The Morgan fingerprint density at radius 1 is 1.41 bits per heavy atom. The fourth-order valence-corrected chi connectivity index (χ4v) is 1.84. The van der Waals surface area contributed by atoms with Gasteiger partial charge in [0.15, 0.2) is 11.9 Å². The van der Waals surface area contributed by atoms with Gasteiger partial charge < -0.3 is 9.26 Å². The second-order valence-electron chi connectivity index (χ2n) is 4.60. The molecule has 22 heavy (non-hydrogen) atoms. The topological polar surface area (TPSA) is 95.9 Å². The molecule has 112 valence electrons. The van der Waals surface area contributed by atoms with Crippen LogP contribution >= 0.6 is 0 Å². The molecule has 0 fully saturated rings. The van der Waals surface area contributed by atoms with E-state index in [1.54, 1.807) is 49.3 Å². The predicted octanol–water partition coefficient (Wildman–Crippen LogP) is 1.88. The van der Waals surface area contributed by atoms with E-state index in [4.69, 9.17) is 9.26 Å². The molecule has 1 atom stereocenters. The van der Waals surface area contributed by atoms with Gasteiger partial charge in [0.05, 0.1) is 5.56 Å². The summed E-state index contributed by atoms with van der Waals surface area (Å²) in [4.78, 5) is 24.3. The summed E-state index contributed by atoms with van der Waals surface area (Å²) in [7, 11) is 0. The molecule has 0 aliphatic heterocycles. The highest BCUT2D eigenvalue weighted by Gasteiger charge is 2.19. The minimum Gasteiger partial charge on any atom is -0.449 e. The predicted molar refractivity (Wildman–Crippen MR) is 74.2 cm³/mol. The van der Waals surface area contributed by atoms with Crippen LogP contribution in [-0.4, -0.2) is 30.6 Å². The Morgan fingerprint density at radius 2 is 2.27 bits per heavy atom. The summed E-state index contributed by atoms with van der Waals surface area (Å²) < 4.78 is 12.0. The van der Waals surface area contributed by atoms with Gasteiger partial charge in [0.1, 0.15) is 12.1 Å². The maximum absolute atomic E-state index is 12.2. The number of imidazole rings is 1. The van der Waals surface area contributed by atoms with Gasteiger partial charge in [-0.15, -0.1) is 0 Å². The SMILES string of the molecule is Cc1noc([C@H](C)OC(=O)c2ccnc(-n3ccnc3)c2)n1. The number of hydrogen-bond acceptors (Lipinski definition) is 7. The Morgan fingerprint density at radius 3 is 2.95 bits per heavy atom. The van der Waals surface area contributed by atoms with Crippen LogP contribution in [0.5, 0.6) is 0 Å². The summed E-state index contributed by atoms with van der Waals surface area (Å²) in [5, 5.41) is 3.67. The van der Waals surface area contributed by atoms with E-state index in [1.807, 2.05) is 0 Å². The van der Waals surface area contributed by atoms with E-state index < -0.39 is 12.1 Å². The first-order valence-corrected chi connectivity index (χ1v) is 6.59. The molecule has 0 bridgehead atoms. The Hall–Kier alpha value is -3.03. The van der Waals surface area contributed by atoms with Crippen LogP contribution in [-0.2, 0) is 4.74 Å². The van der Waals surface area contributed by atoms with E-state index in [-0.39, 0.29) is 5.89 Å². The van der Waals surface area contributed by atoms with Crippen LogP contribution in [0.2, 0.25) is 0 Å². The van der Waals surface area contributed by atoms with Crippen molar-refractivity contribution in [2.24, 2.45) is 0 Å². The van der Waals surface area contributed by atoms with Crippen LogP contribution in [0.1, 0.15) is 35.1 Å². The molecule has 3 aromatic heterocycles. The van der Waals surface area contributed by atoms with Crippen LogP contribution in [0.3, 0.4) is 0 Å². The van der Waals surface area contributed by atoms with Crippen molar-refractivity contribution in [1.82, 2.24) is 24.7 Å². The van der Waals surface area contributed by atoms with Gasteiger partial charge in [0.25, 0.3) is 5.89 Å². The first-order chi connectivity index (χ1) is 10.6. The molecular weight excluding hydrogens is 286 g/mol. The highest BCUT2D eigenvalue weighted by atomic mass is 16.6. The Bertz CT molecular complexity index is 781. The number of esters is 1. The van der Waals surface area contributed by atoms with Crippen molar-refractivity contribution in [3.05, 3.63) is 54.3 Å². The van der Waals surface area contributed by atoms with Crippen molar-refractivity contribution in [1.29, 1.82) is 0 Å². The standard InChI is InChI=1S/C14H13N5O3/c1-9(13-17-10(2)18-22-13)21-14(20)11-3-4-16-12(7-11)19-6-5-15-8-19/h3-9H,1-2H3/t9-/m0/s1.